The van der Waals surface area contributed by atoms with Gasteiger partial charge < -0.3 is 24.4 Å². The highest BCUT2D eigenvalue weighted by Gasteiger charge is 2.19. The number of ketones is 2. The molecule has 4 aromatic rings. The van der Waals surface area contributed by atoms with Crippen LogP contribution in [0.2, 0.25) is 0 Å². The quantitative estimate of drug-likeness (QED) is 0.124. The number of hydrogen-bond acceptors (Lipinski definition) is 8. The minimum absolute atomic E-state index is 0.123. The third-order valence-electron chi connectivity index (χ3n) is 6.06. The van der Waals surface area contributed by atoms with Gasteiger partial charge >= 0.3 is 5.97 Å². The van der Waals surface area contributed by atoms with Crippen molar-refractivity contribution in [1.82, 2.24) is 0 Å². The molecule has 8 heteroatoms. The number of rotatable bonds is 12. The first-order valence-corrected chi connectivity index (χ1v) is 13.2. The van der Waals surface area contributed by atoms with E-state index < -0.39 is 12.1 Å². The van der Waals surface area contributed by atoms with Crippen LogP contribution in [0.1, 0.15) is 45.7 Å². The first-order valence-electron chi connectivity index (χ1n) is 13.2. The Morgan fingerprint density at radius 2 is 1.10 bits per heavy atom. The lowest BCUT2D eigenvalue weighted by Crippen LogP contribution is -2.30. The fourth-order valence-corrected chi connectivity index (χ4v) is 4.01. The molecule has 0 aliphatic heterocycles. The van der Waals surface area contributed by atoms with Gasteiger partial charge in [0.05, 0.1) is 11.1 Å². The smallest absolute Gasteiger partial charge is 0.331 e. The van der Waals surface area contributed by atoms with Crippen molar-refractivity contribution in [3.05, 3.63) is 131 Å². The van der Waals surface area contributed by atoms with Crippen LogP contribution in [-0.4, -0.2) is 47.1 Å². The second-order valence-electron chi connectivity index (χ2n) is 9.65. The number of carbonyl (C=O) groups is 3. The lowest BCUT2D eigenvalue weighted by molar-refractivity contribution is -0.146. The average molecular weight is 567 g/mol. The van der Waals surface area contributed by atoms with Crippen molar-refractivity contribution in [3.8, 4) is 23.0 Å². The number of benzene rings is 4. The monoisotopic (exact) mass is 566 g/mol. The Labute approximate surface area is 243 Å². The van der Waals surface area contributed by atoms with E-state index >= 15 is 0 Å². The number of phenolic OH excluding ortho intramolecular Hbond substituents is 2. The lowest BCUT2D eigenvalue weighted by Gasteiger charge is -2.19. The van der Waals surface area contributed by atoms with Gasteiger partial charge in [0.25, 0.3) is 0 Å². The molecule has 4 rings (SSSR count). The van der Waals surface area contributed by atoms with Crippen LogP contribution in [0.25, 0.3) is 0 Å². The number of allylic oxidation sites excluding steroid dienone is 1. The molecule has 0 saturated carbocycles. The van der Waals surface area contributed by atoms with Gasteiger partial charge in [-0.25, -0.2) is 4.79 Å². The maximum atomic E-state index is 12.7. The number of ether oxygens (including phenoxy) is 3. The first-order chi connectivity index (χ1) is 20.2. The van der Waals surface area contributed by atoms with E-state index in [2.05, 4.69) is 0 Å². The zero-order valence-corrected chi connectivity index (χ0v) is 23.2. The Hall–Kier alpha value is -5.37. The predicted molar refractivity (Wildman–Crippen MR) is 156 cm³/mol. The molecule has 0 aliphatic carbocycles. The summed E-state index contributed by atoms with van der Waals surface area (Å²) in [6, 6.07) is 25.8. The average Bonchev–Trinajstić information content (AvgIpc) is 2.98. The molecule has 0 aliphatic rings. The maximum absolute atomic E-state index is 12.7. The number of phenols is 2. The van der Waals surface area contributed by atoms with Gasteiger partial charge in [-0.15, -0.1) is 0 Å². The van der Waals surface area contributed by atoms with Crippen molar-refractivity contribution in [2.24, 2.45) is 0 Å². The summed E-state index contributed by atoms with van der Waals surface area (Å²) in [4.78, 5) is 37.8. The van der Waals surface area contributed by atoms with Gasteiger partial charge in [-0.05, 0) is 38.1 Å². The van der Waals surface area contributed by atoms with Gasteiger partial charge in [-0.2, -0.15) is 0 Å². The van der Waals surface area contributed by atoms with E-state index in [1.165, 1.54) is 42.5 Å². The van der Waals surface area contributed by atoms with Crippen molar-refractivity contribution < 1.29 is 38.8 Å². The molecular weight excluding hydrogens is 536 g/mol. The minimum Gasteiger partial charge on any atom is -0.507 e. The van der Waals surface area contributed by atoms with Crippen LogP contribution in [-0.2, 0) is 9.53 Å². The van der Waals surface area contributed by atoms with Crippen LogP contribution in [0.15, 0.2) is 109 Å². The first kappa shape index (κ1) is 29.6. The summed E-state index contributed by atoms with van der Waals surface area (Å²) in [5.41, 5.74) is 1.87. The maximum Gasteiger partial charge on any atom is 0.331 e. The van der Waals surface area contributed by atoms with Crippen LogP contribution in [0, 0.1) is 0 Å². The number of hydrogen-bond donors (Lipinski definition) is 2. The van der Waals surface area contributed by atoms with E-state index in [0.29, 0.717) is 11.1 Å². The molecule has 0 unspecified atom stereocenters. The molecular formula is C34H30O8. The van der Waals surface area contributed by atoms with E-state index in [4.69, 9.17) is 14.2 Å². The zero-order chi connectivity index (χ0) is 30.1. The minimum atomic E-state index is -0.881. The molecule has 0 amide bonds. The summed E-state index contributed by atoms with van der Waals surface area (Å²) in [5.74, 6) is -1.26. The summed E-state index contributed by atoms with van der Waals surface area (Å²) in [6.45, 7) is 3.24. The molecule has 0 heterocycles. The second kappa shape index (κ2) is 13.8. The van der Waals surface area contributed by atoms with E-state index in [0.717, 1.165) is 5.57 Å². The fourth-order valence-electron chi connectivity index (χ4n) is 4.01. The largest absolute Gasteiger partial charge is 0.507 e. The van der Waals surface area contributed by atoms with Crippen molar-refractivity contribution in [2.75, 3.05) is 13.2 Å². The molecule has 0 bridgehead atoms. The summed E-state index contributed by atoms with van der Waals surface area (Å²) >= 11 is 0. The highest BCUT2D eigenvalue weighted by Crippen LogP contribution is 2.28. The second-order valence-corrected chi connectivity index (χ2v) is 9.65. The number of aromatic hydroxyl groups is 2. The van der Waals surface area contributed by atoms with Gasteiger partial charge in [0.1, 0.15) is 36.2 Å². The van der Waals surface area contributed by atoms with Crippen molar-refractivity contribution in [2.45, 2.75) is 20.0 Å². The van der Waals surface area contributed by atoms with E-state index in [9.17, 15) is 24.6 Å². The van der Waals surface area contributed by atoms with Crippen LogP contribution >= 0.6 is 0 Å². The van der Waals surface area contributed by atoms with Gasteiger partial charge in [0.2, 0.25) is 0 Å². The topological polar surface area (TPSA) is 119 Å². The van der Waals surface area contributed by atoms with E-state index in [1.807, 2.05) is 0 Å². The summed E-state index contributed by atoms with van der Waals surface area (Å²) in [6.07, 6.45) is 0.451. The summed E-state index contributed by atoms with van der Waals surface area (Å²) in [7, 11) is 0. The van der Waals surface area contributed by atoms with Crippen molar-refractivity contribution in [1.29, 1.82) is 0 Å². The third-order valence-corrected chi connectivity index (χ3v) is 6.06. The Morgan fingerprint density at radius 1 is 0.667 bits per heavy atom. The standard InChI is InChI=1S/C34H30O8/c1-22(2)17-32(37)42-27(20-40-25-13-15-28(30(35)18-25)33(38)23-9-5-3-6-10-23)21-41-26-14-16-29(31(36)19-26)34(39)24-11-7-4-8-12-24/h3-19,27,35-36H,20-21H2,1-2H3. The lowest BCUT2D eigenvalue weighted by atomic mass is 10.0. The molecule has 0 saturated heterocycles. The molecule has 42 heavy (non-hydrogen) atoms. The van der Waals surface area contributed by atoms with Crippen LogP contribution in [0.3, 0.4) is 0 Å². The molecule has 214 valence electrons. The van der Waals surface area contributed by atoms with Crippen LogP contribution < -0.4 is 9.47 Å². The van der Waals surface area contributed by atoms with E-state index in [1.54, 1.807) is 74.5 Å². The zero-order valence-electron chi connectivity index (χ0n) is 23.2. The fraction of sp³-hybridized carbons (Fsp3) is 0.147. The van der Waals surface area contributed by atoms with Crippen molar-refractivity contribution in [3.63, 3.8) is 0 Å². The highest BCUT2D eigenvalue weighted by atomic mass is 16.6. The summed E-state index contributed by atoms with van der Waals surface area (Å²) < 4.78 is 17.0. The van der Waals surface area contributed by atoms with Crippen LogP contribution in [0.5, 0.6) is 23.0 Å². The van der Waals surface area contributed by atoms with Gasteiger partial charge in [0, 0.05) is 29.3 Å². The molecule has 4 aromatic carbocycles. The molecule has 0 fully saturated rings. The van der Waals surface area contributed by atoms with Crippen LogP contribution in [0.4, 0.5) is 0 Å². The normalized spacial score (nSPS) is 10.5. The van der Waals surface area contributed by atoms with Gasteiger partial charge in [-0.3, -0.25) is 9.59 Å². The van der Waals surface area contributed by atoms with Crippen molar-refractivity contribution >= 4 is 17.5 Å². The Balaban J connectivity index is 1.43. The number of carbonyl (C=O) groups excluding carboxylic acids is 3. The number of esters is 1. The molecule has 0 aromatic heterocycles. The Morgan fingerprint density at radius 3 is 1.48 bits per heavy atom. The molecule has 0 spiro atoms. The van der Waals surface area contributed by atoms with Gasteiger partial charge in [-0.1, -0.05) is 66.2 Å². The Kier molecular flexibility index (Phi) is 9.73. The Bertz CT molecular complexity index is 1480. The SMILES string of the molecule is CC(C)=CC(=O)OC(COc1ccc(C(=O)c2ccccc2)c(O)c1)COc1ccc(C(=O)c2ccccc2)c(O)c1. The predicted octanol–water partition coefficient (Wildman–Crippen LogP) is 5.90. The molecule has 0 radical (unpaired) electrons. The molecule has 2 N–H and O–H groups in total. The highest BCUT2D eigenvalue weighted by molar-refractivity contribution is 6.11. The van der Waals surface area contributed by atoms with E-state index in [-0.39, 0.29) is 58.9 Å². The summed E-state index contributed by atoms with van der Waals surface area (Å²) in [5, 5.41) is 21.0. The third kappa shape index (κ3) is 7.85. The molecule has 0 atom stereocenters. The van der Waals surface area contributed by atoms with Gasteiger partial charge in [0.15, 0.2) is 17.7 Å². The molecule has 8 nitrogen and oxygen atoms in total.